The number of ether oxygens (including phenoxy) is 1. The number of aromatic hydroxyl groups is 1. The van der Waals surface area contributed by atoms with Gasteiger partial charge in [0, 0.05) is 17.7 Å². The summed E-state index contributed by atoms with van der Waals surface area (Å²) in [7, 11) is 0. The fourth-order valence-electron chi connectivity index (χ4n) is 3.84. The third kappa shape index (κ3) is 3.23. The molecule has 29 heavy (non-hydrogen) atoms. The van der Waals surface area contributed by atoms with Crippen molar-refractivity contribution in [2.45, 2.75) is 19.9 Å². The first kappa shape index (κ1) is 19.0. The molecule has 0 unspecified atom stereocenters. The Bertz CT molecular complexity index is 1040. The summed E-state index contributed by atoms with van der Waals surface area (Å²) in [6.45, 7) is 4.47. The van der Waals surface area contributed by atoms with E-state index in [-0.39, 0.29) is 24.8 Å². The van der Waals surface area contributed by atoms with Gasteiger partial charge in [0.2, 0.25) is 0 Å². The van der Waals surface area contributed by atoms with Crippen molar-refractivity contribution in [2.75, 3.05) is 19.8 Å². The summed E-state index contributed by atoms with van der Waals surface area (Å²) in [5, 5.41) is 27.1. The lowest BCUT2D eigenvalue weighted by molar-refractivity contribution is 0.0706. The quantitative estimate of drug-likeness (QED) is 0.598. The molecule has 1 atom stereocenters. The Morgan fingerprint density at radius 1 is 1.21 bits per heavy atom. The zero-order valence-corrected chi connectivity index (χ0v) is 16.3. The number of H-pyrrole nitrogens is 1. The van der Waals surface area contributed by atoms with Crippen LogP contribution < -0.4 is 4.74 Å². The average molecular weight is 393 g/mol. The van der Waals surface area contributed by atoms with E-state index in [1.165, 1.54) is 0 Å². The van der Waals surface area contributed by atoms with Gasteiger partial charge in [-0.15, -0.1) is 0 Å². The van der Waals surface area contributed by atoms with Gasteiger partial charge in [-0.05, 0) is 43.7 Å². The largest absolute Gasteiger partial charge is 0.507 e. The Balaban J connectivity index is 1.86. The second-order valence-electron chi connectivity index (χ2n) is 7.01. The topological polar surface area (TPSA) is 98.7 Å². The van der Waals surface area contributed by atoms with Crippen molar-refractivity contribution in [1.29, 1.82) is 0 Å². The number of hydrogen-bond acceptors (Lipinski definition) is 5. The Morgan fingerprint density at radius 2 is 1.97 bits per heavy atom. The number of nitrogens with zero attached hydrogens (tertiary/aromatic N) is 2. The van der Waals surface area contributed by atoms with Crippen LogP contribution in [0, 0.1) is 6.92 Å². The van der Waals surface area contributed by atoms with E-state index in [0.29, 0.717) is 29.1 Å². The molecule has 4 rings (SSSR count). The lowest BCUT2D eigenvalue weighted by atomic mass is 9.95. The van der Waals surface area contributed by atoms with Crippen molar-refractivity contribution >= 4 is 5.91 Å². The lowest BCUT2D eigenvalue weighted by Gasteiger charge is -2.25. The first-order valence-electron chi connectivity index (χ1n) is 9.58. The number of nitrogens with one attached hydrogen (secondary N) is 1. The molecule has 0 aliphatic carbocycles. The molecule has 0 saturated carbocycles. The van der Waals surface area contributed by atoms with Crippen molar-refractivity contribution in [2.24, 2.45) is 0 Å². The molecule has 2 aromatic carbocycles. The summed E-state index contributed by atoms with van der Waals surface area (Å²) in [6, 6.07) is 12.4. The number of carbonyl (C=O) groups is 1. The van der Waals surface area contributed by atoms with E-state index in [1.54, 1.807) is 11.0 Å². The summed E-state index contributed by atoms with van der Waals surface area (Å²) < 4.78 is 5.52. The van der Waals surface area contributed by atoms with Crippen LogP contribution >= 0.6 is 0 Å². The number of aryl methyl sites for hydroxylation is 1. The molecule has 150 valence electrons. The van der Waals surface area contributed by atoms with Crippen LogP contribution in [-0.4, -0.2) is 51.0 Å². The minimum Gasteiger partial charge on any atom is -0.507 e. The van der Waals surface area contributed by atoms with Crippen LogP contribution in [0.1, 0.15) is 40.1 Å². The second-order valence-corrected chi connectivity index (χ2v) is 7.01. The van der Waals surface area contributed by atoms with Crippen molar-refractivity contribution < 1.29 is 19.7 Å². The van der Waals surface area contributed by atoms with E-state index in [9.17, 15) is 15.0 Å². The number of amides is 1. The van der Waals surface area contributed by atoms with Gasteiger partial charge in [-0.3, -0.25) is 9.89 Å². The van der Waals surface area contributed by atoms with Crippen molar-refractivity contribution in [3.05, 3.63) is 64.8 Å². The number of carbonyl (C=O) groups excluding carboxylic acids is 1. The SMILES string of the molecule is CCOc1ccc([C@H]2c3c(-c4cc(C)ccc4O)n[nH]c3C(=O)N2CCO)cc1. The molecule has 0 bridgehead atoms. The van der Waals surface area contributed by atoms with E-state index in [1.807, 2.05) is 50.2 Å². The van der Waals surface area contributed by atoms with Crippen molar-refractivity contribution in [3.63, 3.8) is 0 Å². The maximum Gasteiger partial charge on any atom is 0.273 e. The van der Waals surface area contributed by atoms with Crippen LogP contribution in [0.15, 0.2) is 42.5 Å². The number of rotatable bonds is 6. The third-order valence-corrected chi connectivity index (χ3v) is 5.12. The van der Waals surface area contributed by atoms with Gasteiger partial charge in [-0.1, -0.05) is 23.8 Å². The molecular formula is C22H23N3O4. The van der Waals surface area contributed by atoms with Gasteiger partial charge in [-0.25, -0.2) is 0 Å². The highest BCUT2D eigenvalue weighted by Gasteiger charge is 2.42. The standard InChI is InChI=1S/C22H23N3O4/c1-3-29-15-7-5-14(6-8-15)21-18-19(16-12-13(2)4-9-17(16)27)23-24-20(18)22(28)25(21)10-11-26/h4-9,12,21,26-27H,3,10-11H2,1-2H3,(H,23,24)/t21-/m0/s1. The highest BCUT2D eigenvalue weighted by molar-refractivity contribution is 6.00. The van der Waals surface area contributed by atoms with Crippen molar-refractivity contribution in [3.8, 4) is 22.8 Å². The van der Waals surface area contributed by atoms with Gasteiger partial charge in [0.25, 0.3) is 5.91 Å². The number of fused-ring (bicyclic) bond motifs is 1. The fourth-order valence-corrected chi connectivity index (χ4v) is 3.84. The third-order valence-electron chi connectivity index (χ3n) is 5.12. The summed E-state index contributed by atoms with van der Waals surface area (Å²) in [5.74, 6) is 0.625. The second kappa shape index (κ2) is 7.60. The van der Waals surface area contributed by atoms with Gasteiger partial charge in [0.1, 0.15) is 22.9 Å². The number of aliphatic hydroxyl groups excluding tert-OH is 1. The normalized spacial score (nSPS) is 15.6. The number of aromatic amines is 1. The van der Waals surface area contributed by atoms with E-state index < -0.39 is 6.04 Å². The van der Waals surface area contributed by atoms with Crippen LogP contribution in [0.5, 0.6) is 11.5 Å². The molecule has 7 nitrogen and oxygen atoms in total. The van der Waals surface area contributed by atoms with Gasteiger partial charge in [-0.2, -0.15) is 5.10 Å². The number of benzene rings is 2. The molecule has 1 aliphatic heterocycles. The van der Waals surface area contributed by atoms with Crippen LogP contribution in [0.4, 0.5) is 0 Å². The molecule has 2 heterocycles. The fraction of sp³-hybridized carbons (Fsp3) is 0.273. The molecule has 1 aliphatic rings. The Hall–Kier alpha value is -3.32. The van der Waals surface area contributed by atoms with Crippen molar-refractivity contribution in [1.82, 2.24) is 15.1 Å². The summed E-state index contributed by atoms with van der Waals surface area (Å²) >= 11 is 0. The summed E-state index contributed by atoms with van der Waals surface area (Å²) in [6.07, 6.45) is 0. The molecule has 7 heteroatoms. The number of hydrogen-bond donors (Lipinski definition) is 3. The monoisotopic (exact) mass is 393 g/mol. The minimum atomic E-state index is -0.422. The Labute approximate surface area is 168 Å². The highest BCUT2D eigenvalue weighted by Crippen LogP contribution is 2.44. The average Bonchev–Trinajstić information content (AvgIpc) is 3.25. The first-order chi connectivity index (χ1) is 14.0. The minimum absolute atomic E-state index is 0.100. The van der Waals surface area contributed by atoms with Crippen LogP contribution in [0.2, 0.25) is 0 Å². The predicted octanol–water partition coefficient (Wildman–Crippen LogP) is 3.03. The highest BCUT2D eigenvalue weighted by atomic mass is 16.5. The number of aliphatic hydroxyl groups is 1. The van der Waals surface area contributed by atoms with Crippen LogP contribution in [-0.2, 0) is 0 Å². The smallest absolute Gasteiger partial charge is 0.273 e. The number of phenols is 1. The van der Waals surface area contributed by atoms with Gasteiger partial charge in [0.05, 0.1) is 19.3 Å². The number of aromatic nitrogens is 2. The molecule has 1 aromatic heterocycles. The van der Waals surface area contributed by atoms with E-state index in [0.717, 1.165) is 16.9 Å². The van der Waals surface area contributed by atoms with Gasteiger partial charge in [0.15, 0.2) is 0 Å². The van der Waals surface area contributed by atoms with E-state index >= 15 is 0 Å². The molecule has 0 spiro atoms. The number of β-amino-alcohol motifs (C(OH)–C–C–N with tert-alkyl or cyclic N) is 1. The maximum absolute atomic E-state index is 13.0. The summed E-state index contributed by atoms with van der Waals surface area (Å²) in [4.78, 5) is 14.6. The lowest BCUT2D eigenvalue weighted by Crippen LogP contribution is -2.32. The molecule has 0 radical (unpaired) electrons. The van der Waals surface area contributed by atoms with Crippen LogP contribution in [0.3, 0.4) is 0 Å². The van der Waals surface area contributed by atoms with Crippen LogP contribution in [0.25, 0.3) is 11.3 Å². The molecule has 1 amide bonds. The Morgan fingerprint density at radius 3 is 2.66 bits per heavy atom. The van der Waals surface area contributed by atoms with Gasteiger partial charge >= 0.3 is 0 Å². The maximum atomic E-state index is 13.0. The zero-order chi connectivity index (χ0) is 20.5. The molecule has 0 fully saturated rings. The Kier molecular flexibility index (Phi) is 4.98. The van der Waals surface area contributed by atoms with E-state index in [4.69, 9.17) is 4.74 Å². The summed E-state index contributed by atoms with van der Waals surface area (Å²) in [5.41, 5.74) is 4.04. The predicted molar refractivity (Wildman–Crippen MR) is 108 cm³/mol. The molecule has 3 aromatic rings. The van der Waals surface area contributed by atoms with Gasteiger partial charge < -0.3 is 19.8 Å². The molecule has 3 N–H and O–H groups in total. The molecular weight excluding hydrogens is 370 g/mol. The first-order valence-corrected chi connectivity index (χ1v) is 9.58. The molecule has 0 saturated heterocycles. The zero-order valence-electron chi connectivity index (χ0n) is 16.3. The number of phenolic OH excluding ortho intramolecular Hbond substituents is 1. The van der Waals surface area contributed by atoms with E-state index in [2.05, 4.69) is 10.2 Å².